The van der Waals surface area contributed by atoms with Crippen molar-refractivity contribution in [1.82, 2.24) is 0 Å². The van der Waals surface area contributed by atoms with Crippen LogP contribution in [0.3, 0.4) is 0 Å². The Labute approximate surface area is 374 Å². The van der Waals surface area contributed by atoms with Crippen LogP contribution in [0.2, 0.25) is 0 Å². The van der Waals surface area contributed by atoms with E-state index in [0.717, 1.165) is 128 Å². The highest BCUT2D eigenvalue weighted by Gasteiger charge is 2.19. The van der Waals surface area contributed by atoms with Crippen molar-refractivity contribution in [2.75, 3.05) is 13.2 Å². The number of allylic oxidation sites excluding steroid dienone is 18. The number of ether oxygens (including phenoxy) is 3. The van der Waals surface area contributed by atoms with Crippen LogP contribution in [0.4, 0.5) is 0 Å². The van der Waals surface area contributed by atoms with E-state index in [2.05, 4.69) is 130 Å². The third-order valence-corrected chi connectivity index (χ3v) is 9.77. The average Bonchev–Trinajstić information content (AvgIpc) is 3.26. The molecule has 61 heavy (non-hydrogen) atoms. The molecule has 0 saturated heterocycles. The van der Waals surface area contributed by atoms with Gasteiger partial charge < -0.3 is 14.2 Å². The second-order valence-electron chi connectivity index (χ2n) is 15.6. The van der Waals surface area contributed by atoms with Crippen LogP contribution in [-0.4, -0.2) is 37.2 Å². The van der Waals surface area contributed by atoms with Gasteiger partial charge in [-0.2, -0.15) is 0 Å². The van der Waals surface area contributed by atoms with Gasteiger partial charge in [-0.3, -0.25) is 14.4 Å². The van der Waals surface area contributed by atoms with Crippen LogP contribution in [0.15, 0.2) is 109 Å². The molecule has 0 aliphatic rings. The second kappa shape index (κ2) is 48.7. The summed E-state index contributed by atoms with van der Waals surface area (Å²) < 4.78 is 16.6. The fourth-order valence-electron chi connectivity index (χ4n) is 6.16. The molecule has 0 saturated carbocycles. The van der Waals surface area contributed by atoms with E-state index in [4.69, 9.17) is 14.2 Å². The zero-order valence-electron chi connectivity index (χ0n) is 39.1. The Morgan fingerprint density at radius 3 is 1.03 bits per heavy atom. The van der Waals surface area contributed by atoms with Crippen LogP contribution < -0.4 is 0 Å². The molecular weight excluding hydrogens is 757 g/mol. The largest absolute Gasteiger partial charge is 0.462 e. The number of esters is 3. The van der Waals surface area contributed by atoms with Crippen molar-refractivity contribution >= 4 is 17.9 Å². The van der Waals surface area contributed by atoms with Crippen LogP contribution >= 0.6 is 0 Å². The summed E-state index contributed by atoms with van der Waals surface area (Å²) in [6.07, 6.45) is 65.2. The van der Waals surface area contributed by atoms with Crippen LogP contribution in [0, 0.1) is 0 Å². The molecule has 6 nitrogen and oxygen atoms in total. The fraction of sp³-hybridized carbons (Fsp3) is 0.618. The van der Waals surface area contributed by atoms with Gasteiger partial charge >= 0.3 is 17.9 Å². The smallest absolute Gasteiger partial charge is 0.306 e. The Morgan fingerprint density at radius 2 is 0.639 bits per heavy atom. The molecular formula is C55H88O6. The predicted octanol–water partition coefficient (Wildman–Crippen LogP) is 16.0. The molecule has 0 aliphatic heterocycles. The lowest BCUT2D eigenvalue weighted by atomic mass is 10.1. The zero-order valence-corrected chi connectivity index (χ0v) is 39.1. The van der Waals surface area contributed by atoms with Crippen molar-refractivity contribution in [3.05, 3.63) is 109 Å². The van der Waals surface area contributed by atoms with E-state index in [-0.39, 0.29) is 37.5 Å². The standard InChI is InChI=1S/C55H88O6/c1-4-7-10-13-16-18-20-22-24-25-26-27-28-29-31-32-34-36-39-42-45-48-54(57)60-51-52(50-59-53(56)47-44-41-38-15-12-9-6-3)61-55(58)49-46-43-40-37-35-33-30-23-21-19-17-14-11-8-5-2/h7-8,10-11,16-19,22-24,26-27,29-31,35,37,52H,4-6,9,12-15,20-21,25,28,32-34,36,38-51H2,1-3H3/b10-7-,11-8-,18-16-,19-17-,24-22-,27-26-,30-23-,31-29-,37-35-. The van der Waals surface area contributed by atoms with E-state index in [1.165, 1.54) is 25.7 Å². The fourth-order valence-corrected chi connectivity index (χ4v) is 6.16. The minimum Gasteiger partial charge on any atom is -0.462 e. The van der Waals surface area contributed by atoms with Gasteiger partial charge in [0.15, 0.2) is 6.10 Å². The summed E-state index contributed by atoms with van der Waals surface area (Å²) in [5.74, 6) is -0.980. The van der Waals surface area contributed by atoms with Gasteiger partial charge in [-0.25, -0.2) is 0 Å². The van der Waals surface area contributed by atoms with Crippen molar-refractivity contribution in [1.29, 1.82) is 0 Å². The lowest BCUT2D eigenvalue weighted by molar-refractivity contribution is -0.167. The minimum absolute atomic E-state index is 0.103. The summed E-state index contributed by atoms with van der Waals surface area (Å²) in [4.78, 5) is 37.7. The van der Waals surface area contributed by atoms with Crippen LogP contribution in [0.1, 0.15) is 201 Å². The Hall–Kier alpha value is -3.93. The first-order valence-electron chi connectivity index (χ1n) is 24.4. The van der Waals surface area contributed by atoms with Gasteiger partial charge in [-0.05, 0) is 103 Å². The molecule has 6 heteroatoms. The highest BCUT2D eigenvalue weighted by molar-refractivity contribution is 5.71. The molecule has 0 aromatic heterocycles. The highest BCUT2D eigenvalue weighted by atomic mass is 16.6. The summed E-state index contributed by atoms with van der Waals surface area (Å²) in [5.41, 5.74) is 0. The van der Waals surface area contributed by atoms with Crippen molar-refractivity contribution in [2.45, 2.75) is 207 Å². The quantitative estimate of drug-likeness (QED) is 0.0264. The molecule has 0 aromatic rings. The molecule has 0 aliphatic carbocycles. The third kappa shape index (κ3) is 47.0. The lowest BCUT2D eigenvalue weighted by Crippen LogP contribution is -2.30. The molecule has 344 valence electrons. The monoisotopic (exact) mass is 845 g/mol. The Bertz CT molecular complexity index is 1290. The van der Waals surface area contributed by atoms with Crippen LogP contribution in [-0.2, 0) is 28.6 Å². The first-order valence-corrected chi connectivity index (χ1v) is 24.4. The molecule has 1 atom stereocenters. The molecule has 0 aromatic carbocycles. The summed E-state index contributed by atoms with van der Waals surface area (Å²) in [7, 11) is 0. The van der Waals surface area contributed by atoms with Crippen LogP contribution in [0.5, 0.6) is 0 Å². The summed E-state index contributed by atoms with van der Waals surface area (Å²) in [6, 6.07) is 0. The normalized spacial score (nSPS) is 13.0. The SMILES string of the molecule is CC/C=C\C/C=C\C/C=C\C/C=C\C/C=C\CCCCCCCC(=O)OCC(COC(=O)CCCCCCCCC)OC(=O)CCCC/C=C\C/C=C\C/C=C\C/C=C\CC. The molecule has 0 radical (unpaired) electrons. The van der Waals surface area contributed by atoms with Crippen molar-refractivity contribution < 1.29 is 28.6 Å². The predicted molar refractivity (Wildman–Crippen MR) is 260 cm³/mol. The molecule has 0 spiro atoms. The molecule has 0 rings (SSSR count). The number of hydrogen-bond donors (Lipinski definition) is 0. The molecule has 1 unspecified atom stereocenters. The topological polar surface area (TPSA) is 78.9 Å². The molecule has 0 amide bonds. The Morgan fingerprint density at radius 1 is 0.344 bits per heavy atom. The van der Waals surface area contributed by atoms with Gasteiger partial charge in [0, 0.05) is 19.3 Å². The van der Waals surface area contributed by atoms with Gasteiger partial charge in [0.05, 0.1) is 0 Å². The first kappa shape index (κ1) is 57.1. The molecule has 0 N–H and O–H groups in total. The summed E-state index contributed by atoms with van der Waals surface area (Å²) in [5, 5.41) is 0. The second-order valence-corrected chi connectivity index (χ2v) is 15.6. The van der Waals surface area contributed by atoms with Gasteiger partial charge in [0.2, 0.25) is 0 Å². The number of rotatable bonds is 42. The van der Waals surface area contributed by atoms with E-state index in [1.807, 2.05) is 0 Å². The lowest BCUT2D eigenvalue weighted by Gasteiger charge is -2.18. The zero-order chi connectivity index (χ0) is 44.4. The van der Waals surface area contributed by atoms with E-state index in [9.17, 15) is 14.4 Å². The van der Waals surface area contributed by atoms with Crippen molar-refractivity contribution in [2.24, 2.45) is 0 Å². The third-order valence-electron chi connectivity index (χ3n) is 9.77. The number of unbranched alkanes of at least 4 members (excludes halogenated alkanes) is 13. The van der Waals surface area contributed by atoms with Gasteiger partial charge in [0.25, 0.3) is 0 Å². The average molecular weight is 845 g/mol. The van der Waals surface area contributed by atoms with Crippen LogP contribution in [0.25, 0.3) is 0 Å². The van der Waals surface area contributed by atoms with Crippen molar-refractivity contribution in [3.8, 4) is 0 Å². The van der Waals surface area contributed by atoms with E-state index in [0.29, 0.717) is 19.3 Å². The highest BCUT2D eigenvalue weighted by Crippen LogP contribution is 2.12. The maximum absolute atomic E-state index is 12.7. The van der Waals surface area contributed by atoms with Gasteiger partial charge in [-0.15, -0.1) is 0 Å². The maximum atomic E-state index is 12.7. The number of hydrogen-bond acceptors (Lipinski definition) is 6. The van der Waals surface area contributed by atoms with E-state index < -0.39 is 6.10 Å². The van der Waals surface area contributed by atoms with Gasteiger partial charge in [0.1, 0.15) is 13.2 Å². The molecule has 0 bridgehead atoms. The van der Waals surface area contributed by atoms with E-state index in [1.54, 1.807) is 0 Å². The Kier molecular flexibility index (Phi) is 45.6. The summed E-state index contributed by atoms with van der Waals surface area (Å²) in [6.45, 7) is 6.29. The molecule has 0 fully saturated rings. The van der Waals surface area contributed by atoms with Crippen molar-refractivity contribution in [3.63, 3.8) is 0 Å². The van der Waals surface area contributed by atoms with Gasteiger partial charge in [-0.1, -0.05) is 188 Å². The first-order chi connectivity index (χ1) is 30.0. The Balaban J connectivity index is 4.38. The molecule has 0 heterocycles. The van der Waals surface area contributed by atoms with E-state index >= 15 is 0 Å². The maximum Gasteiger partial charge on any atom is 0.306 e. The number of carbonyl (C=O) groups excluding carboxylic acids is 3. The summed E-state index contributed by atoms with van der Waals surface area (Å²) >= 11 is 0. The minimum atomic E-state index is -0.806. The number of carbonyl (C=O) groups is 3.